The highest BCUT2D eigenvalue weighted by atomic mass is 16.5. The standard InChI is InChI=1S/C16H21N5O2/c1-2-14-11-20(8-9-23-14)16(22)17-10-15-19-18-12-21(15)13-6-4-3-5-7-13/h3-7,12,14H,2,8-11H2,1H3,(H,17,22)/t14-/m1/s1. The van der Waals surface area contributed by atoms with Crippen molar-refractivity contribution in [3.63, 3.8) is 0 Å². The average Bonchev–Trinajstić information content (AvgIpc) is 3.09. The van der Waals surface area contributed by atoms with Crippen LogP contribution in [0.4, 0.5) is 4.79 Å². The zero-order chi connectivity index (χ0) is 16.1. The van der Waals surface area contributed by atoms with Crippen molar-refractivity contribution in [1.29, 1.82) is 0 Å². The van der Waals surface area contributed by atoms with Crippen molar-refractivity contribution in [3.8, 4) is 5.69 Å². The smallest absolute Gasteiger partial charge is 0.317 e. The number of para-hydroxylation sites is 1. The molecule has 23 heavy (non-hydrogen) atoms. The summed E-state index contributed by atoms with van der Waals surface area (Å²) in [6, 6.07) is 9.73. The molecule has 2 aromatic rings. The molecule has 122 valence electrons. The van der Waals surface area contributed by atoms with Gasteiger partial charge in [-0.2, -0.15) is 0 Å². The molecule has 1 aromatic carbocycles. The van der Waals surface area contributed by atoms with E-state index in [2.05, 4.69) is 22.4 Å². The van der Waals surface area contributed by atoms with Crippen molar-refractivity contribution in [2.45, 2.75) is 26.0 Å². The van der Waals surface area contributed by atoms with E-state index in [0.29, 0.717) is 32.1 Å². The number of hydrogen-bond donors (Lipinski definition) is 1. The van der Waals surface area contributed by atoms with Gasteiger partial charge in [0.1, 0.15) is 6.33 Å². The summed E-state index contributed by atoms with van der Waals surface area (Å²) in [6.45, 7) is 4.24. The van der Waals surface area contributed by atoms with Gasteiger partial charge in [0, 0.05) is 18.8 Å². The number of benzene rings is 1. The molecule has 1 aromatic heterocycles. The molecule has 0 aliphatic carbocycles. The van der Waals surface area contributed by atoms with Crippen LogP contribution in [0.2, 0.25) is 0 Å². The molecule has 0 bridgehead atoms. The third-order valence-corrected chi connectivity index (χ3v) is 3.93. The summed E-state index contributed by atoms with van der Waals surface area (Å²) >= 11 is 0. The quantitative estimate of drug-likeness (QED) is 0.930. The number of rotatable bonds is 4. The Labute approximate surface area is 135 Å². The maximum Gasteiger partial charge on any atom is 0.317 e. The van der Waals surface area contributed by atoms with E-state index < -0.39 is 0 Å². The van der Waals surface area contributed by atoms with Gasteiger partial charge in [0.25, 0.3) is 0 Å². The zero-order valence-corrected chi connectivity index (χ0v) is 13.2. The fraction of sp³-hybridized carbons (Fsp3) is 0.438. The van der Waals surface area contributed by atoms with E-state index in [9.17, 15) is 4.79 Å². The Balaban J connectivity index is 1.61. The minimum Gasteiger partial charge on any atom is -0.375 e. The van der Waals surface area contributed by atoms with Crippen LogP contribution in [0.1, 0.15) is 19.2 Å². The Hall–Kier alpha value is -2.41. The molecule has 2 amide bonds. The van der Waals surface area contributed by atoms with Crippen molar-refractivity contribution in [2.24, 2.45) is 0 Å². The summed E-state index contributed by atoms with van der Waals surface area (Å²) in [6.07, 6.45) is 2.69. The number of nitrogens with one attached hydrogen (secondary N) is 1. The highest BCUT2D eigenvalue weighted by Crippen LogP contribution is 2.10. The van der Waals surface area contributed by atoms with Crippen molar-refractivity contribution < 1.29 is 9.53 Å². The Morgan fingerprint density at radius 2 is 2.22 bits per heavy atom. The van der Waals surface area contributed by atoms with Crippen LogP contribution in [-0.2, 0) is 11.3 Å². The predicted octanol–water partition coefficient (Wildman–Crippen LogP) is 1.59. The number of hydrogen-bond acceptors (Lipinski definition) is 4. The first-order valence-corrected chi connectivity index (χ1v) is 7.86. The Morgan fingerprint density at radius 1 is 1.39 bits per heavy atom. The van der Waals surface area contributed by atoms with E-state index in [4.69, 9.17) is 4.74 Å². The monoisotopic (exact) mass is 315 g/mol. The van der Waals surface area contributed by atoms with E-state index in [1.807, 2.05) is 34.9 Å². The lowest BCUT2D eigenvalue weighted by molar-refractivity contribution is -0.0154. The minimum atomic E-state index is -0.0886. The molecule has 3 rings (SSSR count). The largest absolute Gasteiger partial charge is 0.375 e. The normalized spacial score (nSPS) is 18.0. The molecule has 7 heteroatoms. The predicted molar refractivity (Wildman–Crippen MR) is 85.2 cm³/mol. The maximum absolute atomic E-state index is 12.3. The molecule has 1 atom stereocenters. The van der Waals surface area contributed by atoms with Crippen LogP contribution in [-0.4, -0.2) is 51.5 Å². The van der Waals surface area contributed by atoms with Crippen molar-refractivity contribution >= 4 is 6.03 Å². The van der Waals surface area contributed by atoms with Crippen LogP contribution >= 0.6 is 0 Å². The van der Waals surface area contributed by atoms with E-state index in [-0.39, 0.29) is 12.1 Å². The van der Waals surface area contributed by atoms with E-state index in [1.165, 1.54) is 0 Å². The van der Waals surface area contributed by atoms with Crippen LogP contribution in [0.25, 0.3) is 5.69 Å². The van der Waals surface area contributed by atoms with E-state index >= 15 is 0 Å². The Morgan fingerprint density at radius 3 is 3.00 bits per heavy atom. The van der Waals surface area contributed by atoms with Gasteiger partial charge in [0.05, 0.1) is 19.3 Å². The second kappa shape index (κ2) is 7.23. The molecule has 1 aliphatic rings. The first kappa shape index (κ1) is 15.5. The fourth-order valence-corrected chi connectivity index (χ4v) is 2.60. The van der Waals surface area contributed by atoms with E-state index in [0.717, 1.165) is 12.1 Å². The molecule has 1 saturated heterocycles. The molecule has 7 nitrogen and oxygen atoms in total. The molecule has 1 fully saturated rings. The van der Waals surface area contributed by atoms with Gasteiger partial charge in [-0.15, -0.1) is 10.2 Å². The van der Waals surface area contributed by atoms with Gasteiger partial charge in [-0.3, -0.25) is 4.57 Å². The van der Waals surface area contributed by atoms with Crippen LogP contribution < -0.4 is 5.32 Å². The minimum absolute atomic E-state index is 0.0886. The number of urea groups is 1. The highest BCUT2D eigenvalue weighted by Gasteiger charge is 2.23. The van der Waals surface area contributed by atoms with Crippen molar-refractivity contribution in [1.82, 2.24) is 25.0 Å². The third kappa shape index (κ3) is 3.68. The van der Waals surface area contributed by atoms with Crippen LogP contribution in [0.3, 0.4) is 0 Å². The number of morpholine rings is 1. The number of aromatic nitrogens is 3. The summed E-state index contributed by atoms with van der Waals surface area (Å²) in [4.78, 5) is 14.1. The SMILES string of the molecule is CC[C@@H]1CN(C(=O)NCc2nncn2-c2ccccc2)CCO1. The van der Waals surface area contributed by atoms with Gasteiger partial charge in [-0.05, 0) is 18.6 Å². The van der Waals surface area contributed by atoms with Gasteiger partial charge >= 0.3 is 6.03 Å². The summed E-state index contributed by atoms with van der Waals surface area (Å²) in [7, 11) is 0. The lowest BCUT2D eigenvalue weighted by atomic mass is 10.2. The molecule has 0 saturated carbocycles. The average molecular weight is 315 g/mol. The molecular weight excluding hydrogens is 294 g/mol. The fourth-order valence-electron chi connectivity index (χ4n) is 2.60. The number of carbonyl (C=O) groups excluding carboxylic acids is 1. The van der Waals surface area contributed by atoms with Gasteiger partial charge < -0.3 is 15.0 Å². The van der Waals surface area contributed by atoms with Gasteiger partial charge in [-0.25, -0.2) is 4.79 Å². The van der Waals surface area contributed by atoms with Crippen LogP contribution in [0.15, 0.2) is 36.7 Å². The summed E-state index contributed by atoms with van der Waals surface area (Å²) in [5.41, 5.74) is 0.971. The van der Waals surface area contributed by atoms with Crippen LogP contribution in [0, 0.1) is 0 Å². The molecule has 2 heterocycles. The first-order valence-electron chi connectivity index (χ1n) is 7.86. The topological polar surface area (TPSA) is 72.3 Å². The lowest BCUT2D eigenvalue weighted by Crippen LogP contribution is -2.49. The summed E-state index contributed by atoms with van der Waals surface area (Å²) in [5, 5.41) is 11.0. The second-order valence-corrected chi connectivity index (χ2v) is 5.46. The Bertz CT molecular complexity index is 643. The van der Waals surface area contributed by atoms with Gasteiger partial charge in [0.15, 0.2) is 5.82 Å². The highest BCUT2D eigenvalue weighted by molar-refractivity contribution is 5.74. The molecule has 0 unspecified atom stereocenters. The molecular formula is C16H21N5O2. The molecule has 0 radical (unpaired) electrons. The third-order valence-electron chi connectivity index (χ3n) is 3.93. The van der Waals surface area contributed by atoms with Crippen molar-refractivity contribution in [3.05, 3.63) is 42.5 Å². The summed E-state index contributed by atoms with van der Waals surface area (Å²) in [5.74, 6) is 0.699. The molecule has 0 spiro atoms. The van der Waals surface area contributed by atoms with Gasteiger partial charge in [-0.1, -0.05) is 25.1 Å². The second-order valence-electron chi connectivity index (χ2n) is 5.46. The van der Waals surface area contributed by atoms with Crippen LogP contribution in [0.5, 0.6) is 0 Å². The lowest BCUT2D eigenvalue weighted by Gasteiger charge is -2.32. The number of amides is 2. The van der Waals surface area contributed by atoms with Crippen molar-refractivity contribution in [2.75, 3.05) is 19.7 Å². The first-order chi connectivity index (χ1) is 11.3. The maximum atomic E-state index is 12.3. The molecule has 1 N–H and O–H groups in total. The Kier molecular flexibility index (Phi) is 4.87. The number of ether oxygens (including phenoxy) is 1. The van der Waals surface area contributed by atoms with Gasteiger partial charge in [0.2, 0.25) is 0 Å². The summed E-state index contributed by atoms with van der Waals surface area (Å²) < 4.78 is 7.46. The number of nitrogens with zero attached hydrogens (tertiary/aromatic N) is 4. The van der Waals surface area contributed by atoms with E-state index in [1.54, 1.807) is 11.2 Å². The molecule has 1 aliphatic heterocycles. The number of carbonyl (C=O) groups is 1. The zero-order valence-electron chi connectivity index (χ0n) is 13.2.